The zero-order valence-corrected chi connectivity index (χ0v) is 14.4. The van der Waals surface area contributed by atoms with E-state index >= 15 is 0 Å². The van der Waals surface area contributed by atoms with Crippen molar-refractivity contribution in [2.24, 2.45) is 0 Å². The Hall–Kier alpha value is -3.21. The van der Waals surface area contributed by atoms with Crippen LogP contribution in [0.4, 0.5) is 0 Å². The molecule has 0 bridgehead atoms. The molecular formula is C20H18N4O. The molecule has 0 aliphatic rings. The van der Waals surface area contributed by atoms with E-state index in [9.17, 15) is 0 Å². The Kier molecular flexibility index (Phi) is 3.69. The molecule has 5 nitrogen and oxygen atoms in total. The van der Waals surface area contributed by atoms with Crippen molar-refractivity contribution < 1.29 is 4.74 Å². The summed E-state index contributed by atoms with van der Waals surface area (Å²) in [6, 6.07) is 14.1. The zero-order valence-electron chi connectivity index (χ0n) is 14.4. The maximum absolute atomic E-state index is 6.02. The number of aryl methyl sites for hydroxylation is 3. The molecule has 0 saturated heterocycles. The molecule has 0 unspecified atom stereocenters. The summed E-state index contributed by atoms with van der Waals surface area (Å²) >= 11 is 0. The Morgan fingerprint density at radius 2 is 1.76 bits per heavy atom. The fourth-order valence-corrected chi connectivity index (χ4v) is 2.90. The number of hydrogen-bond acceptors (Lipinski definition) is 4. The highest BCUT2D eigenvalue weighted by Gasteiger charge is 2.14. The van der Waals surface area contributed by atoms with Gasteiger partial charge in [-0.2, -0.15) is 5.10 Å². The molecular weight excluding hydrogens is 312 g/mol. The van der Waals surface area contributed by atoms with Gasteiger partial charge < -0.3 is 4.74 Å². The lowest BCUT2D eigenvalue weighted by Crippen LogP contribution is -2.01. The SMILES string of the molecule is Cc1ccc(-n2ncc3c(Oc4ccccc4C)ncnc32)c(C)c1. The Morgan fingerprint density at radius 3 is 2.56 bits per heavy atom. The molecule has 2 aromatic carbocycles. The van der Waals surface area contributed by atoms with Gasteiger partial charge in [0.25, 0.3) is 0 Å². The van der Waals surface area contributed by atoms with E-state index in [4.69, 9.17) is 4.74 Å². The van der Waals surface area contributed by atoms with Gasteiger partial charge in [-0.1, -0.05) is 35.9 Å². The zero-order chi connectivity index (χ0) is 17.4. The Labute approximate surface area is 145 Å². The molecule has 124 valence electrons. The third-order valence-corrected chi connectivity index (χ3v) is 4.21. The lowest BCUT2D eigenvalue weighted by atomic mass is 10.1. The molecule has 2 heterocycles. The lowest BCUT2D eigenvalue weighted by molar-refractivity contribution is 0.464. The van der Waals surface area contributed by atoms with Gasteiger partial charge in [0, 0.05) is 0 Å². The molecule has 0 spiro atoms. The third-order valence-electron chi connectivity index (χ3n) is 4.21. The molecule has 0 amide bonds. The van der Waals surface area contributed by atoms with Crippen molar-refractivity contribution in [2.45, 2.75) is 20.8 Å². The molecule has 4 rings (SSSR count). The van der Waals surface area contributed by atoms with Crippen molar-refractivity contribution in [3.05, 3.63) is 71.7 Å². The predicted molar refractivity (Wildman–Crippen MR) is 97.4 cm³/mol. The van der Waals surface area contributed by atoms with E-state index < -0.39 is 0 Å². The van der Waals surface area contributed by atoms with E-state index in [-0.39, 0.29) is 0 Å². The summed E-state index contributed by atoms with van der Waals surface area (Å²) in [7, 11) is 0. The topological polar surface area (TPSA) is 52.8 Å². The number of nitrogens with zero attached hydrogens (tertiary/aromatic N) is 4. The largest absolute Gasteiger partial charge is 0.438 e. The lowest BCUT2D eigenvalue weighted by Gasteiger charge is -2.09. The van der Waals surface area contributed by atoms with Crippen molar-refractivity contribution in [3.8, 4) is 17.3 Å². The highest BCUT2D eigenvalue weighted by molar-refractivity contribution is 5.81. The van der Waals surface area contributed by atoms with E-state index in [2.05, 4.69) is 47.1 Å². The first kappa shape index (κ1) is 15.3. The molecule has 0 aliphatic carbocycles. The fraction of sp³-hybridized carbons (Fsp3) is 0.150. The van der Waals surface area contributed by atoms with Crippen LogP contribution < -0.4 is 4.74 Å². The summed E-state index contributed by atoms with van der Waals surface area (Å²) in [6.45, 7) is 6.16. The number of aromatic nitrogens is 4. The Morgan fingerprint density at radius 1 is 0.920 bits per heavy atom. The minimum absolute atomic E-state index is 0.510. The van der Waals surface area contributed by atoms with E-state index in [0.29, 0.717) is 5.88 Å². The van der Waals surface area contributed by atoms with Gasteiger partial charge in [-0.05, 0) is 44.0 Å². The van der Waals surface area contributed by atoms with Crippen LogP contribution in [0, 0.1) is 20.8 Å². The average molecular weight is 330 g/mol. The van der Waals surface area contributed by atoms with E-state index in [0.717, 1.165) is 33.6 Å². The van der Waals surface area contributed by atoms with Crippen LogP contribution in [0.2, 0.25) is 0 Å². The Bertz CT molecular complexity index is 1070. The van der Waals surface area contributed by atoms with Crippen molar-refractivity contribution >= 4 is 11.0 Å². The average Bonchev–Trinajstić information content (AvgIpc) is 3.02. The number of benzene rings is 2. The molecule has 0 fully saturated rings. The van der Waals surface area contributed by atoms with Gasteiger partial charge in [-0.3, -0.25) is 0 Å². The first-order chi connectivity index (χ1) is 12.1. The maximum atomic E-state index is 6.02. The van der Waals surface area contributed by atoms with Gasteiger partial charge in [0.1, 0.15) is 17.5 Å². The first-order valence-electron chi connectivity index (χ1n) is 8.13. The maximum Gasteiger partial charge on any atom is 0.233 e. The van der Waals surface area contributed by atoms with Crippen molar-refractivity contribution in [1.29, 1.82) is 0 Å². The summed E-state index contributed by atoms with van der Waals surface area (Å²) in [4.78, 5) is 8.72. The summed E-state index contributed by atoms with van der Waals surface area (Å²) in [6.07, 6.45) is 3.26. The van der Waals surface area contributed by atoms with Crippen LogP contribution in [0.3, 0.4) is 0 Å². The summed E-state index contributed by atoms with van der Waals surface area (Å²) in [5.74, 6) is 1.29. The van der Waals surface area contributed by atoms with Crippen molar-refractivity contribution in [3.63, 3.8) is 0 Å². The number of hydrogen-bond donors (Lipinski definition) is 0. The molecule has 0 aliphatic heterocycles. The second kappa shape index (κ2) is 6.02. The first-order valence-corrected chi connectivity index (χ1v) is 8.13. The Balaban J connectivity index is 1.82. The van der Waals surface area contributed by atoms with E-state index in [1.165, 1.54) is 11.9 Å². The van der Waals surface area contributed by atoms with E-state index in [1.54, 1.807) is 6.20 Å². The second-order valence-corrected chi connectivity index (χ2v) is 6.13. The predicted octanol–water partition coefficient (Wildman–Crippen LogP) is 4.53. The smallest absolute Gasteiger partial charge is 0.233 e. The molecule has 0 radical (unpaired) electrons. The summed E-state index contributed by atoms with van der Waals surface area (Å²) < 4.78 is 7.85. The van der Waals surface area contributed by atoms with Gasteiger partial charge in [-0.25, -0.2) is 14.6 Å². The highest BCUT2D eigenvalue weighted by atomic mass is 16.5. The van der Waals surface area contributed by atoms with Crippen molar-refractivity contribution in [1.82, 2.24) is 19.7 Å². The van der Waals surface area contributed by atoms with Gasteiger partial charge in [-0.15, -0.1) is 0 Å². The standard InChI is InChI=1S/C20H18N4O/c1-13-8-9-17(15(3)10-13)24-19-16(11-23-24)20(22-12-21-19)25-18-7-5-4-6-14(18)2/h4-12H,1-3H3. The third kappa shape index (κ3) is 2.74. The number of para-hydroxylation sites is 1. The number of fused-ring (bicyclic) bond motifs is 1. The quantitative estimate of drug-likeness (QED) is 0.554. The molecule has 0 N–H and O–H groups in total. The molecule has 0 atom stereocenters. The number of rotatable bonds is 3. The highest BCUT2D eigenvalue weighted by Crippen LogP contribution is 2.29. The molecule has 25 heavy (non-hydrogen) atoms. The minimum atomic E-state index is 0.510. The van der Waals surface area contributed by atoms with Crippen LogP contribution in [0.1, 0.15) is 16.7 Å². The van der Waals surface area contributed by atoms with Crippen LogP contribution in [0.15, 0.2) is 55.0 Å². The number of ether oxygens (including phenoxy) is 1. The van der Waals surface area contributed by atoms with E-state index in [1.807, 2.05) is 35.9 Å². The second-order valence-electron chi connectivity index (χ2n) is 6.13. The van der Waals surface area contributed by atoms with Crippen LogP contribution >= 0.6 is 0 Å². The van der Waals surface area contributed by atoms with Gasteiger partial charge in [0.05, 0.1) is 11.9 Å². The van der Waals surface area contributed by atoms with Gasteiger partial charge in [0.15, 0.2) is 5.65 Å². The van der Waals surface area contributed by atoms with Gasteiger partial charge in [0.2, 0.25) is 5.88 Å². The molecule has 4 aromatic rings. The summed E-state index contributed by atoms with van der Waals surface area (Å²) in [5.41, 5.74) is 5.14. The normalized spacial score (nSPS) is 11.0. The van der Waals surface area contributed by atoms with Crippen LogP contribution in [0.5, 0.6) is 11.6 Å². The molecule has 5 heteroatoms. The van der Waals surface area contributed by atoms with Crippen LogP contribution in [-0.4, -0.2) is 19.7 Å². The fourth-order valence-electron chi connectivity index (χ4n) is 2.90. The van der Waals surface area contributed by atoms with Crippen LogP contribution in [0.25, 0.3) is 16.7 Å². The molecule has 0 saturated carbocycles. The summed E-state index contributed by atoms with van der Waals surface area (Å²) in [5, 5.41) is 5.30. The molecule has 2 aromatic heterocycles. The monoisotopic (exact) mass is 330 g/mol. The van der Waals surface area contributed by atoms with Crippen molar-refractivity contribution in [2.75, 3.05) is 0 Å². The van der Waals surface area contributed by atoms with Gasteiger partial charge >= 0.3 is 0 Å². The minimum Gasteiger partial charge on any atom is -0.438 e. The van der Waals surface area contributed by atoms with Crippen LogP contribution in [-0.2, 0) is 0 Å².